The van der Waals surface area contributed by atoms with Crippen molar-refractivity contribution in [3.8, 4) is 0 Å². The summed E-state index contributed by atoms with van der Waals surface area (Å²) < 4.78 is 5.34. The Bertz CT molecular complexity index is 422. The van der Waals surface area contributed by atoms with E-state index in [1.54, 1.807) is 0 Å². The molecule has 0 saturated carbocycles. The Morgan fingerprint density at radius 3 is 2.85 bits per heavy atom. The normalized spacial score (nSPS) is 20.8. The molecule has 20 heavy (non-hydrogen) atoms. The van der Waals surface area contributed by atoms with E-state index in [1.165, 1.54) is 0 Å². The van der Waals surface area contributed by atoms with E-state index < -0.39 is 0 Å². The molecule has 0 aromatic heterocycles. The van der Waals surface area contributed by atoms with Crippen LogP contribution in [0.3, 0.4) is 0 Å². The van der Waals surface area contributed by atoms with Crippen LogP contribution in [-0.2, 0) is 16.1 Å². The average molecular weight is 276 g/mol. The highest BCUT2D eigenvalue weighted by Crippen LogP contribution is 2.08. The molecule has 110 valence electrons. The van der Waals surface area contributed by atoms with Crippen molar-refractivity contribution in [2.24, 2.45) is 5.92 Å². The highest BCUT2D eigenvalue weighted by molar-refractivity contribution is 5.72. The van der Waals surface area contributed by atoms with Gasteiger partial charge < -0.3 is 15.0 Å². The van der Waals surface area contributed by atoms with Crippen LogP contribution >= 0.6 is 0 Å². The maximum absolute atomic E-state index is 11.9. The molecular weight excluding hydrogens is 252 g/mol. The molecule has 2 rings (SSSR count). The van der Waals surface area contributed by atoms with E-state index in [-0.39, 0.29) is 11.9 Å². The average Bonchev–Trinajstić information content (AvgIpc) is 2.89. The van der Waals surface area contributed by atoms with Gasteiger partial charge in [0.05, 0.1) is 5.92 Å². The van der Waals surface area contributed by atoms with Crippen LogP contribution in [0.15, 0.2) is 30.3 Å². The molecule has 2 atom stereocenters. The molecule has 0 spiro atoms. The van der Waals surface area contributed by atoms with Crippen molar-refractivity contribution in [2.75, 3.05) is 26.7 Å². The third kappa shape index (κ3) is 4.62. The summed E-state index contributed by atoms with van der Waals surface area (Å²) in [4.78, 5) is 14.2. The molecule has 1 N–H and O–H groups in total. The van der Waals surface area contributed by atoms with E-state index in [0.29, 0.717) is 19.2 Å². The number of hydrogen-bond donors (Lipinski definition) is 1. The van der Waals surface area contributed by atoms with Crippen LogP contribution in [0.1, 0.15) is 18.9 Å². The highest BCUT2D eigenvalue weighted by atomic mass is 16.5. The summed E-state index contributed by atoms with van der Waals surface area (Å²) in [5, 5.41) is 3.45. The third-order valence-electron chi connectivity index (χ3n) is 3.73. The van der Waals surface area contributed by atoms with Crippen LogP contribution in [0.4, 0.5) is 0 Å². The lowest BCUT2D eigenvalue weighted by Gasteiger charge is -2.16. The Balaban J connectivity index is 1.67. The molecule has 1 heterocycles. The van der Waals surface area contributed by atoms with Crippen LogP contribution in [0.2, 0.25) is 0 Å². The second-order valence-corrected chi connectivity index (χ2v) is 5.65. The zero-order valence-electron chi connectivity index (χ0n) is 12.3. The molecule has 0 bridgehead atoms. The molecule has 1 saturated heterocycles. The number of likely N-dealkylation sites (tertiary alicyclic amines) is 1. The zero-order valence-corrected chi connectivity index (χ0v) is 12.3. The van der Waals surface area contributed by atoms with Crippen molar-refractivity contribution in [2.45, 2.75) is 26.0 Å². The Morgan fingerprint density at radius 2 is 2.20 bits per heavy atom. The standard InChI is InChI=1S/C16H24N2O2/c1-13(10-17-15-8-9-18(2)11-15)16(19)20-12-14-6-4-3-5-7-14/h3-7,13,15,17H,8-12H2,1-2H3. The molecule has 4 heteroatoms. The van der Waals surface area contributed by atoms with Crippen molar-refractivity contribution in [1.29, 1.82) is 0 Å². The number of esters is 1. The fourth-order valence-corrected chi connectivity index (χ4v) is 2.40. The fourth-order valence-electron chi connectivity index (χ4n) is 2.40. The first-order valence-electron chi connectivity index (χ1n) is 7.27. The number of carbonyl (C=O) groups is 1. The van der Waals surface area contributed by atoms with Gasteiger partial charge in [-0.05, 0) is 25.6 Å². The molecule has 2 unspecified atom stereocenters. The Morgan fingerprint density at radius 1 is 1.45 bits per heavy atom. The summed E-state index contributed by atoms with van der Waals surface area (Å²) in [6.07, 6.45) is 1.16. The summed E-state index contributed by atoms with van der Waals surface area (Å²) in [5.74, 6) is -0.239. The van der Waals surface area contributed by atoms with E-state index in [1.807, 2.05) is 37.3 Å². The van der Waals surface area contributed by atoms with Crippen LogP contribution in [0.5, 0.6) is 0 Å². The van der Waals surface area contributed by atoms with Gasteiger partial charge in [0, 0.05) is 19.1 Å². The van der Waals surface area contributed by atoms with E-state index in [0.717, 1.165) is 25.1 Å². The van der Waals surface area contributed by atoms with E-state index in [2.05, 4.69) is 17.3 Å². The van der Waals surface area contributed by atoms with Crippen LogP contribution in [0.25, 0.3) is 0 Å². The number of nitrogens with zero attached hydrogens (tertiary/aromatic N) is 1. The van der Waals surface area contributed by atoms with Crippen molar-refractivity contribution in [3.63, 3.8) is 0 Å². The van der Waals surface area contributed by atoms with E-state index >= 15 is 0 Å². The van der Waals surface area contributed by atoms with Gasteiger partial charge in [0.25, 0.3) is 0 Å². The summed E-state index contributed by atoms with van der Waals surface area (Å²) in [6.45, 7) is 5.15. The largest absolute Gasteiger partial charge is 0.461 e. The number of rotatable bonds is 6. The maximum Gasteiger partial charge on any atom is 0.310 e. The first kappa shape index (κ1) is 15.0. The summed E-state index contributed by atoms with van der Waals surface area (Å²) in [5.41, 5.74) is 1.03. The third-order valence-corrected chi connectivity index (χ3v) is 3.73. The monoisotopic (exact) mass is 276 g/mol. The minimum atomic E-state index is -0.132. The molecule has 4 nitrogen and oxygen atoms in total. The van der Waals surface area contributed by atoms with Crippen molar-refractivity contribution >= 4 is 5.97 Å². The van der Waals surface area contributed by atoms with Gasteiger partial charge in [0.1, 0.15) is 6.61 Å². The predicted octanol–water partition coefficient (Wildman–Crippen LogP) is 1.66. The van der Waals surface area contributed by atoms with Crippen LogP contribution in [0, 0.1) is 5.92 Å². The maximum atomic E-state index is 11.9. The van der Waals surface area contributed by atoms with Gasteiger partial charge in [-0.3, -0.25) is 4.79 Å². The predicted molar refractivity (Wildman–Crippen MR) is 79.3 cm³/mol. The highest BCUT2D eigenvalue weighted by Gasteiger charge is 2.21. The van der Waals surface area contributed by atoms with Gasteiger partial charge in [-0.2, -0.15) is 0 Å². The van der Waals surface area contributed by atoms with E-state index in [9.17, 15) is 4.79 Å². The number of carbonyl (C=O) groups excluding carboxylic acids is 1. The van der Waals surface area contributed by atoms with Crippen molar-refractivity contribution < 1.29 is 9.53 Å². The number of likely N-dealkylation sites (N-methyl/N-ethyl adjacent to an activating group) is 1. The SMILES string of the molecule is CC(CNC1CCN(C)C1)C(=O)OCc1ccccc1. The van der Waals surface area contributed by atoms with E-state index in [4.69, 9.17) is 4.74 Å². The Labute approximate surface area is 121 Å². The zero-order chi connectivity index (χ0) is 14.4. The van der Waals surface area contributed by atoms with Gasteiger partial charge in [-0.15, -0.1) is 0 Å². The number of benzene rings is 1. The van der Waals surface area contributed by atoms with Crippen molar-refractivity contribution in [1.82, 2.24) is 10.2 Å². The fraction of sp³-hybridized carbons (Fsp3) is 0.562. The smallest absolute Gasteiger partial charge is 0.310 e. The molecule has 1 aliphatic heterocycles. The lowest BCUT2D eigenvalue weighted by atomic mass is 10.1. The molecule has 1 aliphatic rings. The Hall–Kier alpha value is -1.39. The topological polar surface area (TPSA) is 41.6 Å². The summed E-state index contributed by atoms with van der Waals surface area (Å²) >= 11 is 0. The molecule has 1 aromatic rings. The number of ether oxygens (including phenoxy) is 1. The van der Waals surface area contributed by atoms with Gasteiger partial charge in [-0.25, -0.2) is 0 Å². The molecule has 0 radical (unpaired) electrons. The first-order valence-corrected chi connectivity index (χ1v) is 7.27. The minimum Gasteiger partial charge on any atom is -0.461 e. The van der Waals surface area contributed by atoms with Crippen LogP contribution in [-0.4, -0.2) is 43.6 Å². The molecule has 0 amide bonds. The lowest BCUT2D eigenvalue weighted by molar-refractivity contribution is -0.149. The number of nitrogens with one attached hydrogen (secondary N) is 1. The molecule has 0 aliphatic carbocycles. The van der Waals surface area contributed by atoms with Gasteiger partial charge in [-0.1, -0.05) is 37.3 Å². The first-order chi connectivity index (χ1) is 9.65. The van der Waals surface area contributed by atoms with Gasteiger partial charge in [0.15, 0.2) is 0 Å². The molecule has 1 fully saturated rings. The molecule has 1 aromatic carbocycles. The van der Waals surface area contributed by atoms with Crippen molar-refractivity contribution in [3.05, 3.63) is 35.9 Å². The minimum absolute atomic E-state index is 0.107. The quantitative estimate of drug-likeness (QED) is 0.802. The summed E-state index contributed by atoms with van der Waals surface area (Å²) in [6, 6.07) is 10.3. The lowest BCUT2D eigenvalue weighted by Crippen LogP contribution is -2.37. The second kappa shape index (κ2) is 7.41. The van der Waals surface area contributed by atoms with Gasteiger partial charge >= 0.3 is 5.97 Å². The molecular formula is C16H24N2O2. The van der Waals surface area contributed by atoms with Gasteiger partial charge in [0.2, 0.25) is 0 Å². The second-order valence-electron chi connectivity index (χ2n) is 5.65. The summed E-state index contributed by atoms with van der Waals surface area (Å²) in [7, 11) is 2.12. The Kier molecular flexibility index (Phi) is 5.56. The van der Waals surface area contributed by atoms with Crippen LogP contribution < -0.4 is 5.32 Å². The number of hydrogen-bond acceptors (Lipinski definition) is 4.